The van der Waals surface area contributed by atoms with Crippen molar-refractivity contribution in [1.29, 1.82) is 0 Å². The highest BCUT2D eigenvalue weighted by atomic mass is 32.2. The van der Waals surface area contributed by atoms with Crippen molar-refractivity contribution in [3.63, 3.8) is 0 Å². The van der Waals surface area contributed by atoms with Crippen LogP contribution in [0.15, 0.2) is 12.1 Å². The molecular formula is C13H20OS2. The summed E-state index contributed by atoms with van der Waals surface area (Å²) in [6.07, 6.45) is 1.67. The summed E-state index contributed by atoms with van der Waals surface area (Å²) in [5, 5.41) is 0. The molecule has 16 heavy (non-hydrogen) atoms. The number of rotatable bonds is 5. The molecule has 0 N–H and O–H groups in total. The third kappa shape index (κ3) is 5.17. The molecule has 1 heterocycles. The zero-order valence-electron chi connectivity index (χ0n) is 10.5. The van der Waals surface area contributed by atoms with E-state index in [1.807, 2.05) is 0 Å². The van der Waals surface area contributed by atoms with E-state index in [1.54, 1.807) is 23.1 Å². The van der Waals surface area contributed by atoms with Crippen LogP contribution in [0.4, 0.5) is 0 Å². The standard InChI is InChI=1S/C13H20OS2/c1-5-11-6-7-12(16-11)8-10(14)9-15-13(2,3)4/h6-7H,5,8-9H2,1-4H3. The maximum Gasteiger partial charge on any atom is 0.147 e. The third-order valence-electron chi connectivity index (χ3n) is 2.10. The van der Waals surface area contributed by atoms with E-state index in [-0.39, 0.29) is 4.75 Å². The fourth-order valence-corrected chi connectivity index (χ4v) is 2.93. The van der Waals surface area contributed by atoms with Gasteiger partial charge in [-0.2, -0.15) is 0 Å². The highest BCUT2D eigenvalue weighted by Crippen LogP contribution is 2.24. The van der Waals surface area contributed by atoms with Crippen molar-refractivity contribution in [2.45, 2.75) is 45.3 Å². The lowest BCUT2D eigenvalue weighted by Gasteiger charge is -2.16. The van der Waals surface area contributed by atoms with Gasteiger partial charge in [0.15, 0.2) is 0 Å². The Kier molecular flexibility index (Phi) is 5.06. The van der Waals surface area contributed by atoms with Crippen molar-refractivity contribution in [2.24, 2.45) is 0 Å². The number of ketones is 1. The van der Waals surface area contributed by atoms with E-state index >= 15 is 0 Å². The topological polar surface area (TPSA) is 17.1 Å². The SMILES string of the molecule is CCc1ccc(CC(=O)CSC(C)(C)C)s1. The zero-order chi connectivity index (χ0) is 12.2. The normalized spacial score (nSPS) is 11.8. The molecular weight excluding hydrogens is 236 g/mol. The van der Waals surface area contributed by atoms with Crippen LogP contribution in [-0.4, -0.2) is 16.3 Å². The van der Waals surface area contributed by atoms with Gasteiger partial charge in [0.05, 0.1) is 5.75 Å². The number of hydrogen-bond acceptors (Lipinski definition) is 3. The van der Waals surface area contributed by atoms with Crippen LogP contribution < -0.4 is 0 Å². The summed E-state index contributed by atoms with van der Waals surface area (Å²) in [5.74, 6) is 0.965. The highest BCUT2D eigenvalue weighted by Gasteiger charge is 2.14. The Balaban J connectivity index is 2.40. The minimum atomic E-state index is 0.180. The molecule has 0 unspecified atom stereocenters. The summed E-state index contributed by atoms with van der Waals surface area (Å²) in [7, 11) is 0. The van der Waals surface area contributed by atoms with Crippen molar-refractivity contribution in [1.82, 2.24) is 0 Å². The third-order valence-corrected chi connectivity index (χ3v) is 4.67. The van der Waals surface area contributed by atoms with Crippen LogP contribution in [0.25, 0.3) is 0 Å². The maximum atomic E-state index is 11.7. The lowest BCUT2D eigenvalue weighted by atomic mass is 10.2. The molecule has 1 aromatic heterocycles. The van der Waals surface area contributed by atoms with Crippen LogP contribution in [0.1, 0.15) is 37.4 Å². The summed E-state index contributed by atoms with van der Waals surface area (Å²) in [6, 6.07) is 4.22. The number of thioether (sulfide) groups is 1. The Morgan fingerprint density at radius 2 is 1.94 bits per heavy atom. The molecule has 3 heteroatoms. The second-order valence-electron chi connectivity index (χ2n) is 4.84. The van der Waals surface area contributed by atoms with E-state index in [1.165, 1.54) is 9.75 Å². The molecule has 0 atom stereocenters. The van der Waals surface area contributed by atoms with Gasteiger partial charge in [0.1, 0.15) is 5.78 Å². The molecule has 0 bridgehead atoms. The molecule has 0 saturated carbocycles. The van der Waals surface area contributed by atoms with Crippen LogP contribution >= 0.6 is 23.1 Å². The Hall–Kier alpha value is -0.280. The van der Waals surface area contributed by atoms with Crippen molar-refractivity contribution in [3.05, 3.63) is 21.9 Å². The first-order chi connectivity index (χ1) is 7.40. The number of Topliss-reactive ketones (excluding diaryl/α,β-unsaturated/α-hetero) is 1. The minimum Gasteiger partial charge on any atom is -0.298 e. The molecule has 1 rings (SSSR count). The molecule has 1 aromatic rings. The van der Waals surface area contributed by atoms with E-state index in [9.17, 15) is 4.79 Å². The molecule has 0 radical (unpaired) electrons. The molecule has 0 fully saturated rings. The van der Waals surface area contributed by atoms with E-state index in [0.717, 1.165) is 6.42 Å². The van der Waals surface area contributed by atoms with Gasteiger partial charge in [0.25, 0.3) is 0 Å². The molecule has 90 valence electrons. The number of thiophene rings is 1. The van der Waals surface area contributed by atoms with Gasteiger partial charge in [-0.25, -0.2) is 0 Å². The van der Waals surface area contributed by atoms with Gasteiger partial charge in [-0.05, 0) is 18.6 Å². The molecule has 0 amide bonds. The van der Waals surface area contributed by atoms with Crippen LogP contribution in [0.3, 0.4) is 0 Å². The van der Waals surface area contributed by atoms with Crippen molar-refractivity contribution in [2.75, 3.05) is 5.75 Å². The molecule has 0 saturated heterocycles. The van der Waals surface area contributed by atoms with Crippen molar-refractivity contribution < 1.29 is 4.79 Å². The summed E-state index contributed by atoms with van der Waals surface area (Å²) in [6.45, 7) is 8.58. The average molecular weight is 256 g/mol. The number of carbonyl (C=O) groups is 1. The first kappa shape index (κ1) is 13.8. The summed E-state index contributed by atoms with van der Waals surface area (Å²) in [5.41, 5.74) is 0. The Morgan fingerprint density at radius 1 is 1.31 bits per heavy atom. The monoisotopic (exact) mass is 256 g/mol. The van der Waals surface area contributed by atoms with Crippen LogP contribution in [-0.2, 0) is 17.6 Å². The molecule has 0 aliphatic rings. The fraction of sp³-hybridized carbons (Fsp3) is 0.615. The van der Waals surface area contributed by atoms with Gasteiger partial charge in [0.2, 0.25) is 0 Å². The second-order valence-corrected chi connectivity index (χ2v) is 7.89. The van der Waals surface area contributed by atoms with Crippen molar-refractivity contribution in [3.8, 4) is 0 Å². The Morgan fingerprint density at radius 3 is 2.44 bits per heavy atom. The molecule has 0 aliphatic heterocycles. The average Bonchev–Trinajstić information content (AvgIpc) is 2.61. The van der Waals surface area contributed by atoms with Crippen molar-refractivity contribution >= 4 is 28.9 Å². The van der Waals surface area contributed by atoms with E-state index in [0.29, 0.717) is 18.0 Å². The van der Waals surface area contributed by atoms with Crippen LogP contribution in [0, 0.1) is 0 Å². The summed E-state index contributed by atoms with van der Waals surface area (Å²) < 4.78 is 0.180. The summed E-state index contributed by atoms with van der Waals surface area (Å²) in [4.78, 5) is 14.3. The van der Waals surface area contributed by atoms with E-state index in [4.69, 9.17) is 0 Å². The molecule has 0 aliphatic carbocycles. The predicted molar refractivity (Wildman–Crippen MR) is 74.6 cm³/mol. The minimum absolute atomic E-state index is 0.180. The number of aryl methyl sites for hydroxylation is 1. The number of carbonyl (C=O) groups excluding carboxylic acids is 1. The largest absolute Gasteiger partial charge is 0.298 e. The zero-order valence-corrected chi connectivity index (χ0v) is 12.1. The fourth-order valence-electron chi connectivity index (χ4n) is 1.25. The van der Waals surface area contributed by atoms with Gasteiger partial charge >= 0.3 is 0 Å². The van der Waals surface area contributed by atoms with Crippen LogP contribution in [0.2, 0.25) is 0 Å². The van der Waals surface area contributed by atoms with Gasteiger partial charge in [-0.1, -0.05) is 27.7 Å². The first-order valence-corrected chi connectivity index (χ1v) is 7.44. The lowest BCUT2D eigenvalue weighted by molar-refractivity contribution is -0.115. The van der Waals surface area contributed by atoms with Gasteiger partial charge in [-0.3, -0.25) is 4.79 Å². The molecule has 1 nitrogen and oxygen atoms in total. The lowest BCUT2D eigenvalue weighted by Crippen LogP contribution is -2.13. The Labute approximate surface area is 107 Å². The number of hydrogen-bond donors (Lipinski definition) is 0. The molecule has 0 aromatic carbocycles. The van der Waals surface area contributed by atoms with E-state index < -0.39 is 0 Å². The van der Waals surface area contributed by atoms with Gasteiger partial charge in [-0.15, -0.1) is 23.1 Å². The van der Waals surface area contributed by atoms with Gasteiger partial charge < -0.3 is 0 Å². The van der Waals surface area contributed by atoms with Crippen LogP contribution in [0.5, 0.6) is 0 Å². The first-order valence-electron chi connectivity index (χ1n) is 5.64. The second kappa shape index (κ2) is 5.87. The predicted octanol–water partition coefficient (Wildman–Crippen LogP) is 3.95. The Bertz CT molecular complexity index is 347. The van der Waals surface area contributed by atoms with Gasteiger partial charge in [0, 0.05) is 20.9 Å². The smallest absolute Gasteiger partial charge is 0.147 e. The quantitative estimate of drug-likeness (QED) is 0.793. The summed E-state index contributed by atoms with van der Waals surface area (Å²) >= 11 is 3.49. The maximum absolute atomic E-state index is 11.7. The highest BCUT2D eigenvalue weighted by molar-refractivity contribution is 8.01. The van der Waals surface area contributed by atoms with E-state index in [2.05, 4.69) is 39.8 Å². The molecule has 0 spiro atoms.